The van der Waals surface area contributed by atoms with E-state index in [4.69, 9.17) is 5.73 Å². The Morgan fingerprint density at radius 3 is 2.89 bits per heavy atom. The summed E-state index contributed by atoms with van der Waals surface area (Å²) in [4.78, 5) is 16.9. The highest BCUT2D eigenvalue weighted by molar-refractivity contribution is 5.61. The topological polar surface area (TPSA) is 85.3 Å². The van der Waals surface area contributed by atoms with Crippen molar-refractivity contribution >= 4 is 11.5 Å². The van der Waals surface area contributed by atoms with Crippen LogP contribution in [-0.2, 0) is 0 Å². The van der Waals surface area contributed by atoms with Gasteiger partial charge in [-0.1, -0.05) is 6.92 Å². The van der Waals surface area contributed by atoms with Crippen molar-refractivity contribution in [1.29, 1.82) is 0 Å². The van der Waals surface area contributed by atoms with Gasteiger partial charge in [-0.15, -0.1) is 0 Å². The number of nitro groups is 1. The molecule has 1 aliphatic heterocycles. The molecule has 6 nitrogen and oxygen atoms in total. The summed E-state index contributed by atoms with van der Waals surface area (Å²) in [6, 6.07) is 1.71. The molecule has 1 aromatic heterocycles. The van der Waals surface area contributed by atoms with Gasteiger partial charge < -0.3 is 10.6 Å². The van der Waals surface area contributed by atoms with Crippen LogP contribution in [0.5, 0.6) is 0 Å². The lowest BCUT2D eigenvalue weighted by atomic mass is 9.96. The van der Waals surface area contributed by atoms with Crippen LogP contribution in [0.1, 0.15) is 18.9 Å². The molecular formula is C12H18N4O2. The van der Waals surface area contributed by atoms with Crippen LogP contribution in [-0.4, -0.2) is 29.0 Å². The molecule has 2 atom stereocenters. The minimum absolute atomic E-state index is 0.0515. The third-order valence-corrected chi connectivity index (χ3v) is 3.28. The Bertz CT molecular complexity index is 453. The second kappa shape index (κ2) is 4.89. The van der Waals surface area contributed by atoms with Crippen LogP contribution in [0, 0.1) is 23.0 Å². The number of aryl methyl sites for hydroxylation is 1. The summed E-state index contributed by atoms with van der Waals surface area (Å²) in [5.74, 6) is 0.873. The Kier molecular flexibility index (Phi) is 3.47. The Morgan fingerprint density at radius 2 is 2.28 bits per heavy atom. The van der Waals surface area contributed by atoms with E-state index in [1.54, 1.807) is 19.2 Å². The fraction of sp³-hybridized carbons (Fsp3) is 0.583. The molecule has 0 radical (unpaired) electrons. The van der Waals surface area contributed by atoms with E-state index in [0.717, 1.165) is 13.0 Å². The van der Waals surface area contributed by atoms with Gasteiger partial charge in [0.15, 0.2) is 0 Å². The van der Waals surface area contributed by atoms with Gasteiger partial charge in [0.05, 0.1) is 4.92 Å². The molecular weight excluding hydrogens is 232 g/mol. The average molecular weight is 250 g/mol. The second-order valence-electron chi connectivity index (χ2n) is 5.06. The predicted octanol–water partition coefficient (Wildman–Crippen LogP) is 1.47. The van der Waals surface area contributed by atoms with E-state index in [1.165, 1.54) is 0 Å². The highest BCUT2D eigenvalue weighted by atomic mass is 16.6. The molecule has 2 heterocycles. The molecule has 6 heteroatoms. The van der Waals surface area contributed by atoms with Crippen molar-refractivity contribution in [2.24, 2.45) is 11.7 Å². The molecule has 0 aliphatic carbocycles. The summed E-state index contributed by atoms with van der Waals surface area (Å²) in [6.07, 6.45) is 2.57. The summed E-state index contributed by atoms with van der Waals surface area (Å²) in [6.45, 7) is 5.23. The third kappa shape index (κ3) is 2.43. The lowest BCUT2D eigenvalue weighted by Crippen LogP contribution is -2.46. The van der Waals surface area contributed by atoms with E-state index in [0.29, 0.717) is 23.8 Å². The van der Waals surface area contributed by atoms with Crippen molar-refractivity contribution in [3.05, 3.63) is 27.9 Å². The molecule has 1 aliphatic rings. The zero-order valence-corrected chi connectivity index (χ0v) is 10.7. The number of piperidine rings is 1. The quantitative estimate of drug-likeness (QED) is 0.634. The number of anilines is 1. The van der Waals surface area contributed by atoms with Crippen LogP contribution in [0.3, 0.4) is 0 Å². The van der Waals surface area contributed by atoms with Gasteiger partial charge in [0.2, 0.25) is 5.82 Å². The maximum atomic E-state index is 11.2. The first-order valence-corrected chi connectivity index (χ1v) is 6.09. The molecule has 1 saturated heterocycles. The average Bonchev–Trinajstić information content (AvgIpc) is 2.26. The number of hydrogen-bond donors (Lipinski definition) is 1. The van der Waals surface area contributed by atoms with Gasteiger partial charge in [0.25, 0.3) is 0 Å². The smallest absolute Gasteiger partial charge is 0.314 e. The number of aromatic nitrogens is 1. The Hall–Kier alpha value is -1.69. The van der Waals surface area contributed by atoms with Crippen molar-refractivity contribution in [2.75, 3.05) is 18.0 Å². The third-order valence-electron chi connectivity index (χ3n) is 3.28. The van der Waals surface area contributed by atoms with Crippen molar-refractivity contribution in [3.63, 3.8) is 0 Å². The zero-order chi connectivity index (χ0) is 13.3. The van der Waals surface area contributed by atoms with Crippen LogP contribution >= 0.6 is 0 Å². The molecule has 98 valence electrons. The largest absolute Gasteiger partial charge is 0.349 e. The Labute approximate surface area is 106 Å². The van der Waals surface area contributed by atoms with E-state index in [1.807, 2.05) is 4.90 Å². The summed E-state index contributed by atoms with van der Waals surface area (Å²) < 4.78 is 0. The monoisotopic (exact) mass is 250 g/mol. The normalized spacial score (nSPS) is 24.1. The fourth-order valence-electron chi connectivity index (χ4n) is 2.57. The minimum Gasteiger partial charge on any atom is -0.349 e. The lowest BCUT2D eigenvalue weighted by Gasteiger charge is -2.35. The molecule has 2 unspecified atom stereocenters. The molecule has 0 saturated carbocycles. The van der Waals surface area contributed by atoms with Crippen molar-refractivity contribution in [3.8, 4) is 0 Å². The fourth-order valence-corrected chi connectivity index (χ4v) is 2.57. The highest BCUT2D eigenvalue weighted by Crippen LogP contribution is 2.31. The van der Waals surface area contributed by atoms with Crippen molar-refractivity contribution in [1.82, 2.24) is 4.98 Å². The molecule has 0 aromatic carbocycles. The SMILES string of the molecule is Cc1ccnc(N2CC(C)CC(N)C2)c1[N+](=O)[O-]. The molecule has 2 rings (SSSR count). The van der Waals surface area contributed by atoms with Gasteiger partial charge in [0, 0.05) is 30.9 Å². The first-order chi connectivity index (χ1) is 8.49. The number of nitrogens with zero attached hydrogens (tertiary/aromatic N) is 3. The molecule has 2 N–H and O–H groups in total. The van der Waals surface area contributed by atoms with E-state index < -0.39 is 0 Å². The first kappa shape index (κ1) is 12.8. The standard InChI is InChI=1S/C12H18N4O2/c1-8-5-10(13)7-15(6-8)12-11(16(17)18)9(2)3-4-14-12/h3-4,8,10H,5-7,13H2,1-2H3. The van der Waals surface area contributed by atoms with E-state index in [9.17, 15) is 10.1 Å². The summed E-state index contributed by atoms with van der Waals surface area (Å²) in [5, 5.41) is 11.2. The Morgan fingerprint density at radius 1 is 1.56 bits per heavy atom. The van der Waals surface area contributed by atoms with Gasteiger partial charge in [-0.25, -0.2) is 4.98 Å². The predicted molar refractivity (Wildman–Crippen MR) is 69.6 cm³/mol. The highest BCUT2D eigenvalue weighted by Gasteiger charge is 2.29. The molecule has 0 spiro atoms. The molecule has 18 heavy (non-hydrogen) atoms. The van der Waals surface area contributed by atoms with E-state index in [2.05, 4.69) is 11.9 Å². The number of nitrogens with two attached hydrogens (primary N) is 1. The van der Waals surface area contributed by atoms with E-state index in [-0.39, 0.29) is 16.7 Å². The van der Waals surface area contributed by atoms with E-state index >= 15 is 0 Å². The van der Waals surface area contributed by atoms with Crippen molar-refractivity contribution < 1.29 is 4.92 Å². The Balaban J connectivity index is 2.38. The van der Waals surface area contributed by atoms with Crippen LogP contribution in [0.4, 0.5) is 11.5 Å². The van der Waals surface area contributed by atoms with Crippen molar-refractivity contribution in [2.45, 2.75) is 26.3 Å². The summed E-state index contributed by atoms with van der Waals surface area (Å²) >= 11 is 0. The number of pyridine rings is 1. The van der Waals surface area contributed by atoms with Crippen LogP contribution < -0.4 is 10.6 Å². The van der Waals surface area contributed by atoms with Gasteiger partial charge in [-0.3, -0.25) is 10.1 Å². The van der Waals surface area contributed by atoms with Crippen LogP contribution in [0.25, 0.3) is 0 Å². The molecule has 1 aromatic rings. The maximum absolute atomic E-state index is 11.2. The van der Waals surface area contributed by atoms with Gasteiger partial charge in [-0.2, -0.15) is 0 Å². The number of rotatable bonds is 2. The molecule has 1 fully saturated rings. The lowest BCUT2D eigenvalue weighted by molar-refractivity contribution is -0.384. The molecule has 0 bridgehead atoms. The first-order valence-electron chi connectivity index (χ1n) is 6.09. The summed E-state index contributed by atoms with van der Waals surface area (Å²) in [7, 11) is 0. The molecule has 0 amide bonds. The maximum Gasteiger partial charge on any atom is 0.314 e. The van der Waals surface area contributed by atoms with Gasteiger partial charge in [-0.05, 0) is 25.3 Å². The van der Waals surface area contributed by atoms with Gasteiger partial charge in [0.1, 0.15) is 0 Å². The number of hydrogen-bond acceptors (Lipinski definition) is 5. The second-order valence-corrected chi connectivity index (χ2v) is 5.06. The van der Waals surface area contributed by atoms with Crippen LogP contribution in [0.15, 0.2) is 12.3 Å². The van der Waals surface area contributed by atoms with Gasteiger partial charge >= 0.3 is 5.69 Å². The zero-order valence-electron chi connectivity index (χ0n) is 10.7. The summed E-state index contributed by atoms with van der Waals surface area (Å²) in [5.41, 5.74) is 6.71. The minimum atomic E-state index is -0.359. The van der Waals surface area contributed by atoms with Crippen LogP contribution in [0.2, 0.25) is 0 Å².